The van der Waals surface area contributed by atoms with Gasteiger partial charge >= 0.3 is 0 Å². The molecule has 174 valence electrons. The number of rotatable bonds is 3. The van der Waals surface area contributed by atoms with Crippen molar-refractivity contribution in [3.05, 3.63) is 93.8 Å². The van der Waals surface area contributed by atoms with Gasteiger partial charge < -0.3 is 20.2 Å². The van der Waals surface area contributed by atoms with E-state index in [1.807, 2.05) is 6.07 Å². The fourth-order valence-corrected chi connectivity index (χ4v) is 5.01. The zero-order valence-electron chi connectivity index (χ0n) is 18.0. The smallest absolute Gasteiger partial charge is 0.269 e. The lowest BCUT2D eigenvalue weighted by atomic mass is 10.1. The predicted molar refractivity (Wildman–Crippen MR) is 134 cm³/mol. The molecule has 0 saturated heterocycles. The molecule has 3 N–H and O–H groups in total. The SMILES string of the molecule is O=C(NC1C(=O)NCc2ccc(Cl)c3cc(-c4ccccc4F)n1c23)c1cc2cc(Cl)ccc2[nH]1. The molecular formula is C26H17Cl2FN4O2. The van der Waals surface area contributed by atoms with Crippen LogP contribution in [-0.2, 0) is 11.3 Å². The van der Waals surface area contributed by atoms with Gasteiger partial charge in [0.2, 0.25) is 0 Å². The van der Waals surface area contributed by atoms with E-state index < -0.39 is 23.8 Å². The molecule has 3 aromatic carbocycles. The fourth-order valence-electron chi connectivity index (χ4n) is 4.62. The summed E-state index contributed by atoms with van der Waals surface area (Å²) >= 11 is 12.6. The van der Waals surface area contributed by atoms with Crippen LogP contribution in [0.3, 0.4) is 0 Å². The normalized spacial score (nSPS) is 15.3. The standard InChI is InChI=1S/C26H17Cl2FN4O2/c27-15-6-8-20-14(9-15)10-21(31-20)25(34)32-24-26(35)30-12-13-5-7-18(28)17-11-22(33(24)23(13)17)16-3-1-2-4-19(16)29/h1-11,24,31H,12H2,(H,30,35)(H,32,34). The maximum absolute atomic E-state index is 14.9. The lowest BCUT2D eigenvalue weighted by molar-refractivity contribution is -0.124. The van der Waals surface area contributed by atoms with Crippen LogP contribution in [0.4, 0.5) is 4.39 Å². The largest absolute Gasteiger partial charge is 0.351 e. The highest BCUT2D eigenvalue weighted by molar-refractivity contribution is 6.35. The highest BCUT2D eigenvalue weighted by Crippen LogP contribution is 2.38. The second kappa shape index (κ2) is 8.15. The number of benzene rings is 3. The number of H-pyrrole nitrogens is 1. The lowest BCUT2D eigenvalue weighted by Gasteiger charge is -2.21. The first-order valence-electron chi connectivity index (χ1n) is 10.8. The van der Waals surface area contributed by atoms with Gasteiger partial charge in [-0.3, -0.25) is 9.59 Å². The number of fused-ring (bicyclic) bond motifs is 1. The maximum atomic E-state index is 14.9. The average Bonchev–Trinajstić information content (AvgIpc) is 3.41. The van der Waals surface area contributed by atoms with E-state index in [-0.39, 0.29) is 12.2 Å². The van der Waals surface area contributed by atoms with Crippen molar-refractivity contribution in [2.75, 3.05) is 0 Å². The van der Waals surface area contributed by atoms with E-state index in [1.54, 1.807) is 59.2 Å². The molecule has 0 radical (unpaired) electrons. The van der Waals surface area contributed by atoms with Crippen molar-refractivity contribution in [2.24, 2.45) is 0 Å². The third kappa shape index (κ3) is 3.55. The van der Waals surface area contributed by atoms with Crippen molar-refractivity contribution < 1.29 is 14.0 Å². The van der Waals surface area contributed by atoms with Crippen molar-refractivity contribution in [1.29, 1.82) is 0 Å². The molecule has 1 aliphatic heterocycles. The minimum absolute atomic E-state index is 0.241. The molecule has 0 fully saturated rings. The Morgan fingerprint density at radius 1 is 1.06 bits per heavy atom. The number of carbonyl (C=O) groups excluding carboxylic acids is 2. The predicted octanol–water partition coefficient (Wildman–Crippen LogP) is 5.79. The summed E-state index contributed by atoms with van der Waals surface area (Å²) in [4.78, 5) is 29.6. The Morgan fingerprint density at radius 3 is 2.71 bits per heavy atom. The van der Waals surface area contributed by atoms with Gasteiger partial charge in [-0.05, 0) is 54.1 Å². The van der Waals surface area contributed by atoms with Crippen molar-refractivity contribution in [2.45, 2.75) is 12.7 Å². The van der Waals surface area contributed by atoms with Crippen LogP contribution >= 0.6 is 23.2 Å². The van der Waals surface area contributed by atoms with Crippen LogP contribution in [0.25, 0.3) is 33.1 Å². The lowest BCUT2D eigenvalue weighted by Crippen LogP contribution is -2.42. The number of aromatic nitrogens is 2. The number of hydrogen-bond donors (Lipinski definition) is 3. The minimum Gasteiger partial charge on any atom is -0.351 e. The summed E-state index contributed by atoms with van der Waals surface area (Å²) in [6, 6.07) is 18.5. The van der Waals surface area contributed by atoms with Crippen LogP contribution < -0.4 is 10.6 Å². The first-order chi connectivity index (χ1) is 16.9. The molecule has 3 heterocycles. The van der Waals surface area contributed by atoms with Crippen LogP contribution in [0.2, 0.25) is 10.0 Å². The summed E-state index contributed by atoms with van der Waals surface area (Å²) < 4.78 is 16.5. The summed E-state index contributed by atoms with van der Waals surface area (Å²) in [6.45, 7) is 0.241. The van der Waals surface area contributed by atoms with Crippen molar-refractivity contribution in [1.82, 2.24) is 20.2 Å². The fraction of sp³-hybridized carbons (Fsp3) is 0.0769. The Bertz CT molecular complexity index is 1670. The number of carbonyl (C=O) groups is 2. The van der Waals surface area contributed by atoms with Gasteiger partial charge in [-0.1, -0.05) is 41.4 Å². The Balaban J connectivity index is 1.52. The molecule has 6 nitrogen and oxygen atoms in total. The molecule has 2 amide bonds. The zero-order chi connectivity index (χ0) is 24.3. The van der Waals surface area contributed by atoms with Crippen LogP contribution in [0.1, 0.15) is 22.2 Å². The molecule has 1 atom stereocenters. The quantitative estimate of drug-likeness (QED) is 0.289. The van der Waals surface area contributed by atoms with E-state index in [1.165, 1.54) is 6.07 Å². The summed E-state index contributed by atoms with van der Waals surface area (Å²) in [6.07, 6.45) is -1.15. The number of halogens is 3. The topological polar surface area (TPSA) is 78.9 Å². The molecule has 9 heteroatoms. The number of amides is 2. The van der Waals surface area contributed by atoms with Crippen molar-refractivity contribution in [3.8, 4) is 11.3 Å². The van der Waals surface area contributed by atoms with Crippen molar-refractivity contribution in [3.63, 3.8) is 0 Å². The van der Waals surface area contributed by atoms with Crippen LogP contribution in [0.5, 0.6) is 0 Å². The molecule has 1 aliphatic rings. The van der Waals surface area contributed by atoms with Gasteiger partial charge in [0.05, 0.1) is 11.2 Å². The highest BCUT2D eigenvalue weighted by Gasteiger charge is 2.32. The van der Waals surface area contributed by atoms with E-state index in [0.29, 0.717) is 32.2 Å². The first kappa shape index (κ1) is 21.7. The number of nitrogens with zero attached hydrogens (tertiary/aromatic N) is 1. The molecule has 1 unspecified atom stereocenters. The summed E-state index contributed by atoms with van der Waals surface area (Å²) in [5.41, 5.74) is 3.18. The molecule has 6 rings (SSSR count). The molecule has 2 aromatic heterocycles. The van der Waals surface area contributed by atoms with Crippen LogP contribution in [0, 0.1) is 5.82 Å². The van der Waals surface area contributed by atoms with Gasteiger partial charge in [-0.15, -0.1) is 0 Å². The second-order valence-corrected chi connectivity index (χ2v) is 9.20. The third-order valence-electron chi connectivity index (χ3n) is 6.23. The van der Waals surface area contributed by atoms with E-state index in [9.17, 15) is 14.0 Å². The molecule has 0 aliphatic carbocycles. The number of nitrogens with one attached hydrogen (secondary N) is 3. The Morgan fingerprint density at radius 2 is 1.89 bits per heavy atom. The van der Waals surface area contributed by atoms with Crippen LogP contribution in [-0.4, -0.2) is 21.4 Å². The Labute approximate surface area is 208 Å². The number of hydrogen-bond acceptors (Lipinski definition) is 2. The number of aromatic amines is 1. The van der Waals surface area contributed by atoms with Crippen LogP contribution in [0.15, 0.2) is 66.7 Å². The Kier molecular flexibility index (Phi) is 5.05. The first-order valence-corrected chi connectivity index (χ1v) is 11.6. The zero-order valence-corrected chi connectivity index (χ0v) is 19.5. The molecular weight excluding hydrogens is 490 g/mol. The summed E-state index contributed by atoms with van der Waals surface area (Å²) in [5, 5.41) is 8.11. The highest BCUT2D eigenvalue weighted by atomic mass is 35.5. The average molecular weight is 507 g/mol. The third-order valence-corrected chi connectivity index (χ3v) is 6.80. The van der Waals surface area contributed by atoms with E-state index in [4.69, 9.17) is 23.2 Å². The van der Waals surface area contributed by atoms with Gasteiger partial charge in [0.15, 0.2) is 6.17 Å². The van der Waals surface area contributed by atoms with E-state index in [2.05, 4.69) is 15.6 Å². The van der Waals surface area contributed by atoms with Gasteiger partial charge in [0.1, 0.15) is 11.5 Å². The summed E-state index contributed by atoms with van der Waals surface area (Å²) in [5.74, 6) is -1.38. The molecule has 35 heavy (non-hydrogen) atoms. The molecule has 5 aromatic rings. The monoisotopic (exact) mass is 506 g/mol. The Hall–Kier alpha value is -3.81. The molecule has 0 bridgehead atoms. The minimum atomic E-state index is -1.15. The van der Waals surface area contributed by atoms with Gasteiger partial charge in [-0.25, -0.2) is 4.39 Å². The molecule has 0 spiro atoms. The second-order valence-electron chi connectivity index (χ2n) is 8.36. The maximum Gasteiger partial charge on any atom is 0.269 e. The van der Waals surface area contributed by atoms with E-state index in [0.717, 1.165) is 16.5 Å². The van der Waals surface area contributed by atoms with Gasteiger partial charge in [0, 0.05) is 38.4 Å². The summed E-state index contributed by atoms with van der Waals surface area (Å²) in [7, 11) is 0. The van der Waals surface area contributed by atoms with Gasteiger partial charge in [0.25, 0.3) is 11.8 Å². The van der Waals surface area contributed by atoms with Gasteiger partial charge in [-0.2, -0.15) is 0 Å². The molecule has 0 saturated carbocycles. The van der Waals surface area contributed by atoms with Crippen molar-refractivity contribution >= 4 is 56.8 Å². The van der Waals surface area contributed by atoms with E-state index >= 15 is 0 Å².